The summed E-state index contributed by atoms with van der Waals surface area (Å²) in [6.07, 6.45) is 1.73. The van der Waals surface area contributed by atoms with Gasteiger partial charge in [0.15, 0.2) is 11.6 Å². The van der Waals surface area contributed by atoms with Gasteiger partial charge >= 0.3 is 11.9 Å². The van der Waals surface area contributed by atoms with Crippen molar-refractivity contribution < 1.29 is 37.4 Å². The summed E-state index contributed by atoms with van der Waals surface area (Å²) in [5.74, 6) is -1.61. The number of fused-ring (bicyclic) bond motifs is 1. The van der Waals surface area contributed by atoms with Gasteiger partial charge in [0.1, 0.15) is 24.5 Å². The predicted octanol–water partition coefficient (Wildman–Crippen LogP) is 8.34. The van der Waals surface area contributed by atoms with Crippen LogP contribution in [-0.2, 0) is 30.7 Å². The summed E-state index contributed by atoms with van der Waals surface area (Å²) in [7, 11) is -0.345. The van der Waals surface area contributed by atoms with Crippen LogP contribution in [0.15, 0.2) is 109 Å². The number of hydrogen-bond donors (Lipinski definition) is 0. The van der Waals surface area contributed by atoms with E-state index in [9.17, 15) is 9.59 Å². The molecule has 0 bridgehead atoms. The average Bonchev–Trinajstić information content (AvgIpc) is 3.18. The molecule has 1 saturated carbocycles. The summed E-state index contributed by atoms with van der Waals surface area (Å²) in [6.45, 7) is 8.96. The summed E-state index contributed by atoms with van der Waals surface area (Å²) >= 11 is 0. The summed E-state index contributed by atoms with van der Waals surface area (Å²) in [5, 5.41) is 4.35. The van der Waals surface area contributed by atoms with Crippen molar-refractivity contribution in [3.8, 4) is 11.5 Å². The van der Waals surface area contributed by atoms with E-state index in [1.54, 1.807) is 0 Å². The van der Waals surface area contributed by atoms with Crippen molar-refractivity contribution in [2.75, 3.05) is 20.3 Å². The Morgan fingerprint density at radius 3 is 2.19 bits per heavy atom. The van der Waals surface area contributed by atoms with Crippen molar-refractivity contribution in [3.05, 3.63) is 132 Å². The molecule has 1 radical (unpaired) electrons. The lowest BCUT2D eigenvalue weighted by Crippen LogP contribution is -2.45. The van der Waals surface area contributed by atoms with Crippen LogP contribution in [-0.4, -0.2) is 47.4 Å². The number of halogens is 1. The lowest BCUT2D eigenvalue weighted by atomic mass is 9.74. The highest BCUT2D eigenvalue weighted by molar-refractivity contribution is 6.80. The lowest BCUT2D eigenvalue weighted by molar-refractivity contribution is -0.159. The molecule has 0 unspecified atom stereocenters. The maximum absolute atomic E-state index is 15.5. The fourth-order valence-electron chi connectivity index (χ4n) is 6.82. The fourth-order valence-corrected chi connectivity index (χ4v) is 8.74. The minimum Gasteiger partial charge on any atom is -0.490 e. The van der Waals surface area contributed by atoms with Crippen LogP contribution in [0.1, 0.15) is 74.9 Å². The van der Waals surface area contributed by atoms with E-state index in [-0.39, 0.29) is 54.4 Å². The van der Waals surface area contributed by atoms with Crippen molar-refractivity contribution in [1.82, 2.24) is 0 Å². The second-order valence-corrected chi connectivity index (χ2v) is 17.2. The van der Waals surface area contributed by atoms with E-state index in [1.165, 1.54) is 18.7 Å². The van der Waals surface area contributed by atoms with E-state index in [2.05, 4.69) is 57.2 Å². The Hall–Kier alpha value is -4.99. The zero-order valence-corrected chi connectivity index (χ0v) is 32.7. The molecule has 6 rings (SSSR count). The van der Waals surface area contributed by atoms with E-state index >= 15 is 4.39 Å². The first-order chi connectivity index (χ1) is 25.9. The Kier molecular flexibility index (Phi) is 12.2. The molecule has 0 aliphatic heterocycles. The van der Waals surface area contributed by atoms with E-state index in [0.717, 1.165) is 32.8 Å². The van der Waals surface area contributed by atoms with Crippen molar-refractivity contribution >= 4 is 42.1 Å². The quantitative estimate of drug-likeness (QED) is 0.0681. The molecular formula is C45H48FO7Si. The van der Waals surface area contributed by atoms with Crippen molar-refractivity contribution in [3.63, 3.8) is 0 Å². The van der Waals surface area contributed by atoms with Crippen LogP contribution < -0.4 is 19.8 Å². The minimum atomic E-state index is -1.61. The zero-order chi connectivity index (χ0) is 38.3. The van der Waals surface area contributed by atoms with Gasteiger partial charge in [-0.25, -0.2) is 9.18 Å². The van der Waals surface area contributed by atoms with E-state index < -0.39 is 26.2 Å². The summed E-state index contributed by atoms with van der Waals surface area (Å²) < 4.78 is 44.9. The van der Waals surface area contributed by atoms with Gasteiger partial charge in [0.05, 0.1) is 25.2 Å². The Morgan fingerprint density at radius 2 is 1.48 bits per heavy atom. The maximum atomic E-state index is 15.5. The molecular weight excluding hydrogens is 700 g/mol. The monoisotopic (exact) mass is 747 g/mol. The van der Waals surface area contributed by atoms with Gasteiger partial charge in [0.25, 0.3) is 9.04 Å². The molecule has 0 saturated heterocycles. The second kappa shape index (κ2) is 17.0. The van der Waals surface area contributed by atoms with Crippen molar-refractivity contribution in [2.45, 2.75) is 71.5 Å². The Bertz CT molecular complexity index is 2050. The maximum Gasteiger partial charge on any atom is 0.341 e. The van der Waals surface area contributed by atoms with Gasteiger partial charge in [0.2, 0.25) is 0 Å². The smallest absolute Gasteiger partial charge is 0.341 e. The standard InChI is InChI=1S/C45H48FO7Si/c1-44(2,3)33-18-20-36(21-19-33)54(35-15-7-6-8-16-35)52-27-26-50-40-29-39(46)41(28-38(40)42(47)49-5)53-34-22-24-45(4,25-23-34)43(48)51-30-32-14-11-13-31-12-9-10-17-37(31)32/h6-21,28-29,34H,22-27,30H2,1-5H3. The van der Waals surface area contributed by atoms with E-state index in [4.69, 9.17) is 23.4 Å². The number of hydrogen-bond acceptors (Lipinski definition) is 7. The molecule has 0 atom stereocenters. The van der Waals surface area contributed by atoms with Crippen LogP contribution in [0.4, 0.5) is 4.39 Å². The third-order valence-electron chi connectivity index (χ3n) is 10.1. The van der Waals surface area contributed by atoms with Gasteiger partial charge < -0.3 is 23.4 Å². The highest BCUT2D eigenvalue weighted by Crippen LogP contribution is 2.40. The van der Waals surface area contributed by atoms with Gasteiger partial charge in [-0.1, -0.05) is 118 Å². The van der Waals surface area contributed by atoms with E-state index in [0.29, 0.717) is 25.7 Å². The summed E-state index contributed by atoms with van der Waals surface area (Å²) in [6, 6.07) is 35.1. The number of ether oxygens (including phenoxy) is 4. The molecule has 5 aromatic rings. The molecule has 7 nitrogen and oxygen atoms in total. The van der Waals surface area contributed by atoms with Crippen LogP contribution >= 0.6 is 0 Å². The van der Waals surface area contributed by atoms with Crippen LogP contribution in [0, 0.1) is 11.2 Å². The first-order valence-corrected chi connectivity index (χ1v) is 19.9. The van der Waals surface area contributed by atoms with Gasteiger partial charge in [-0.3, -0.25) is 4.79 Å². The third-order valence-corrected chi connectivity index (χ3v) is 12.3. The number of benzene rings is 5. The molecule has 1 fully saturated rings. The predicted molar refractivity (Wildman–Crippen MR) is 211 cm³/mol. The van der Waals surface area contributed by atoms with Crippen LogP contribution in [0.3, 0.4) is 0 Å². The number of rotatable bonds is 13. The normalized spacial score (nSPS) is 17.3. The molecule has 0 heterocycles. The van der Waals surface area contributed by atoms with Gasteiger partial charge in [-0.15, -0.1) is 0 Å². The lowest BCUT2D eigenvalue weighted by Gasteiger charge is -2.35. The highest BCUT2D eigenvalue weighted by Gasteiger charge is 2.40. The molecule has 281 valence electrons. The van der Waals surface area contributed by atoms with Gasteiger partial charge in [-0.05, 0) is 70.3 Å². The summed E-state index contributed by atoms with van der Waals surface area (Å²) in [4.78, 5) is 26.1. The van der Waals surface area contributed by atoms with Crippen LogP contribution in [0.2, 0.25) is 0 Å². The minimum absolute atomic E-state index is 0.0348. The average molecular weight is 748 g/mol. The summed E-state index contributed by atoms with van der Waals surface area (Å²) in [5.41, 5.74) is 1.60. The second-order valence-electron chi connectivity index (χ2n) is 15.1. The fraction of sp³-hybridized carbons (Fsp3) is 0.333. The molecule has 5 aromatic carbocycles. The van der Waals surface area contributed by atoms with E-state index in [1.807, 2.05) is 67.6 Å². The molecule has 0 amide bonds. The molecule has 0 aromatic heterocycles. The Morgan fingerprint density at radius 1 is 0.815 bits per heavy atom. The molecule has 1 aliphatic carbocycles. The number of esters is 2. The molecule has 54 heavy (non-hydrogen) atoms. The first kappa shape index (κ1) is 38.7. The van der Waals surface area contributed by atoms with Gasteiger partial charge in [0, 0.05) is 12.1 Å². The topological polar surface area (TPSA) is 80.3 Å². The Labute approximate surface area is 319 Å². The number of carbonyl (C=O) groups excluding carboxylic acids is 2. The largest absolute Gasteiger partial charge is 0.490 e. The molecule has 9 heteroatoms. The molecule has 1 aliphatic rings. The van der Waals surface area contributed by atoms with Gasteiger partial charge in [-0.2, -0.15) is 0 Å². The van der Waals surface area contributed by atoms with Crippen LogP contribution in [0.25, 0.3) is 10.8 Å². The zero-order valence-electron chi connectivity index (χ0n) is 31.7. The van der Waals surface area contributed by atoms with Crippen molar-refractivity contribution in [1.29, 1.82) is 0 Å². The Balaban J connectivity index is 1.06. The van der Waals surface area contributed by atoms with Crippen molar-refractivity contribution in [2.24, 2.45) is 5.41 Å². The third kappa shape index (κ3) is 9.20. The molecule has 0 spiro atoms. The SMILES string of the molecule is COC(=O)c1cc(OC2CCC(C)(C(=O)OCc3cccc4ccccc34)CC2)c(F)cc1OCCO[Si](c1ccccc1)c1ccc(C(C)(C)C)cc1. The number of carbonyl (C=O) groups is 2. The highest BCUT2D eigenvalue weighted by atomic mass is 28.3. The first-order valence-electron chi connectivity index (χ1n) is 18.5. The number of methoxy groups -OCH3 is 1. The molecule has 0 N–H and O–H groups in total. The van der Waals surface area contributed by atoms with Crippen LogP contribution in [0.5, 0.6) is 11.5 Å².